The van der Waals surface area contributed by atoms with Gasteiger partial charge in [0.2, 0.25) is 0 Å². The van der Waals surface area contributed by atoms with Crippen LogP contribution in [0.1, 0.15) is 150 Å². The molecule has 3 heterocycles. The average molecular weight is 1140 g/mol. The average Bonchev–Trinajstić information content (AvgIpc) is 1.59. The highest BCUT2D eigenvalue weighted by molar-refractivity contribution is 6.11. The number of rotatable bonds is 4. The Bertz CT molecular complexity index is 4800. The number of fused-ring (bicyclic) bond motifs is 21. The second-order valence-corrected chi connectivity index (χ2v) is 29.2. The Balaban J connectivity index is 1.03. The van der Waals surface area contributed by atoms with Crippen LogP contribution in [0.2, 0.25) is 0 Å². The van der Waals surface area contributed by atoms with Gasteiger partial charge in [-0.3, -0.25) is 0 Å². The second kappa shape index (κ2) is 18.6. The summed E-state index contributed by atoms with van der Waals surface area (Å²) in [5.74, 6) is 3.39. The minimum Gasteiger partial charge on any atom is -0.457 e. The van der Waals surface area contributed by atoms with E-state index < -0.39 is 10.8 Å². The fourth-order valence-electron chi connectivity index (χ4n) is 15.3. The second-order valence-electron chi connectivity index (χ2n) is 29.2. The van der Waals surface area contributed by atoms with Gasteiger partial charge >= 0.3 is 0 Å². The zero-order valence-electron chi connectivity index (χ0n) is 52.5. The molecule has 11 aromatic carbocycles. The van der Waals surface area contributed by atoms with Crippen LogP contribution >= 0.6 is 0 Å². The molecule has 88 heavy (non-hydrogen) atoms. The number of para-hydroxylation sites is 5. The molecule has 0 atom stereocenters. The Morgan fingerprint density at radius 3 is 1.36 bits per heavy atom. The number of benzene rings is 11. The molecule has 12 aromatic rings. The summed E-state index contributed by atoms with van der Waals surface area (Å²) in [4.78, 5) is 2.50. The number of hydrogen-bond donors (Lipinski definition) is 0. The minimum absolute atomic E-state index is 0.112. The van der Waals surface area contributed by atoms with E-state index in [1.54, 1.807) is 0 Å². The highest BCUT2D eigenvalue weighted by Crippen LogP contribution is 2.67. The Morgan fingerprint density at radius 2 is 0.727 bits per heavy atom. The Kier molecular flexibility index (Phi) is 11.4. The van der Waals surface area contributed by atoms with Gasteiger partial charge in [0, 0.05) is 49.8 Å². The van der Waals surface area contributed by atoms with E-state index in [4.69, 9.17) is 13.9 Å². The highest BCUT2D eigenvalue weighted by Gasteiger charge is 2.55. The molecule has 0 unspecified atom stereocenters. The first-order chi connectivity index (χ1) is 42.1. The summed E-state index contributed by atoms with van der Waals surface area (Å²) in [6, 6.07) is 84.4. The van der Waals surface area contributed by atoms with Crippen LogP contribution in [0, 0.1) is 0 Å². The van der Waals surface area contributed by atoms with E-state index in [-0.39, 0.29) is 21.7 Å². The molecule has 2 aliphatic carbocycles. The van der Waals surface area contributed by atoms with Crippen LogP contribution in [-0.4, -0.2) is 0 Å². The van der Waals surface area contributed by atoms with Crippen molar-refractivity contribution < 1.29 is 13.9 Å². The van der Waals surface area contributed by atoms with Gasteiger partial charge in [-0.05, 0) is 149 Å². The van der Waals surface area contributed by atoms with E-state index >= 15 is 0 Å². The summed E-state index contributed by atoms with van der Waals surface area (Å²) < 4.78 is 21.9. The lowest BCUT2D eigenvalue weighted by Crippen LogP contribution is -2.34. The van der Waals surface area contributed by atoms with Crippen molar-refractivity contribution in [1.29, 1.82) is 0 Å². The van der Waals surface area contributed by atoms with Gasteiger partial charge in [0.25, 0.3) is 0 Å². The maximum Gasteiger partial charge on any atom is 0.156 e. The van der Waals surface area contributed by atoms with Crippen LogP contribution in [0.25, 0.3) is 55.3 Å². The van der Waals surface area contributed by atoms with Crippen molar-refractivity contribution in [3.63, 3.8) is 0 Å². The Morgan fingerprint density at radius 1 is 0.295 bits per heavy atom. The van der Waals surface area contributed by atoms with Crippen molar-refractivity contribution in [2.45, 2.75) is 116 Å². The number of ether oxygens (including phenoxy) is 2. The number of nitrogens with zero attached hydrogens (tertiary/aromatic N) is 1. The van der Waals surface area contributed by atoms with Gasteiger partial charge in [0.15, 0.2) is 5.75 Å². The van der Waals surface area contributed by atoms with Crippen LogP contribution in [0.15, 0.2) is 229 Å². The molecule has 432 valence electrons. The van der Waals surface area contributed by atoms with Crippen LogP contribution in [0.5, 0.6) is 23.0 Å². The van der Waals surface area contributed by atoms with Gasteiger partial charge in [0.05, 0.1) is 22.2 Å². The van der Waals surface area contributed by atoms with Crippen LogP contribution < -0.4 is 14.4 Å². The van der Waals surface area contributed by atoms with Crippen LogP contribution in [-0.2, 0) is 32.5 Å². The quantitative estimate of drug-likeness (QED) is 0.176. The van der Waals surface area contributed by atoms with Crippen LogP contribution in [0.4, 0.5) is 17.1 Å². The fourth-order valence-corrected chi connectivity index (χ4v) is 15.3. The number of hydrogen-bond acceptors (Lipinski definition) is 4. The Hall–Kier alpha value is -9.38. The van der Waals surface area contributed by atoms with Gasteiger partial charge in [-0.1, -0.05) is 247 Å². The minimum atomic E-state index is -0.777. The maximum atomic E-state index is 7.76. The summed E-state index contributed by atoms with van der Waals surface area (Å²) in [6.07, 6.45) is 0. The van der Waals surface area contributed by atoms with E-state index in [9.17, 15) is 0 Å². The van der Waals surface area contributed by atoms with Crippen molar-refractivity contribution in [2.24, 2.45) is 0 Å². The highest BCUT2D eigenvalue weighted by atomic mass is 16.5. The summed E-state index contributed by atoms with van der Waals surface area (Å²) >= 11 is 0. The molecule has 0 bridgehead atoms. The van der Waals surface area contributed by atoms with Crippen molar-refractivity contribution in [3.8, 4) is 56.4 Å². The van der Waals surface area contributed by atoms with Gasteiger partial charge in [-0.25, -0.2) is 0 Å². The van der Waals surface area contributed by atoms with Crippen molar-refractivity contribution in [1.82, 2.24) is 0 Å². The predicted molar refractivity (Wildman–Crippen MR) is 363 cm³/mol. The molecule has 2 aliphatic heterocycles. The monoisotopic (exact) mass is 1140 g/mol. The van der Waals surface area contributed by atoms with E-state index in [2.05, 4.69) is 312 Å². The van der Waals surface area contributed by atoms with Crippen molar-refractivity contribution >= 4 is 39.0 Å². The summed E-state index contributed by atoms with van der Waals surface area (Å²) in [6.45, 7) is 27.9. The first-order valence-corrected chi connectivity index (χ1v) is 31.4. The third-order valence-corrected chi connectivity index (χ3v) is 19.9. The molecule has 4 heteroatoms. The zero-order valence-corrected chi connectivity index (χ0v) is 52.5. The molecule has 0 radical (unpaired) electrons. The molecule has 0 saturated carbocycles. The third kappa shape index (κ3) is 7.63. The molecular weight excluding hydrogens is 1070 g/mol. The van der Waals surface area contributed by atoms with Gasteiger partial charge in [0.1, 0.15) is 28.4 Å². The van der Waals surface area contributed by atoms with E-state index in [0.29, 0.717) is 0 Å². The van der Waals surface area contributed by atoms with Crippen molar-refractivity contribution in [3.05, 3.63) is 291 Å². The lowest BCUT2D eigenvalue weighted by molar-refractivity contribution is 0.433. The standard InChI is InChI=1S/C84H73NO3/c1-79(2,3)50-35-40-56-57-41-36-51(80(4,5)6)46-67(57)84(66(56)45-50)64-29-17-20-34-74(64)88-78-65(84)30-22-32-72(78)85(71-31-18-14-24-59(71)61-26-21-27-62-60-25-15-19-33-73(60)87-77(61)62)54-39-42-58-55-23-13-16-28-63(55)83(68(58)49-54)69-47-52(81(7,8)9)37-43-75(69)86-76-44-38-53(48-70(76)83)82(10,11)12/h13-49H,1-12H3. The molecule has 0 amide bonds. The van der Waals surface area contributed by atoms with E-state index in [0.717, 1.165) is 95.4 Å². The molecule has 4 aliphatic rings. The molecule has 0 saturated heterocycles. The molecule has 1 aromatic heterocycles. The summed E-state index contributed by atoms with van der Waals surface area (Å²) in [7, 11) is 0. The zero-order chi connectivity index (χ0) is 60.6. The molecular formula is C84H73NO3. The number of anilines is 3. The molecule has 2 spiro atoms. The third-order valence-electron chi connectivity index (χ3n) is 19.9. The molecule has 4 nitrogen and oxygen atoms in total. The van der Waals surface area contributed by atoms with E-state index in [1.165, 1.54) is 66.8 Å². The predicted octanol–water partition coefficient (Wildman–Crippen LogP) is 22.9. The topological polar surface area (TPSA) is 34.8 Å². The first-order valence-electron chi connectivity index (χ1n) is 31.4. The lowest BCUT2D eigenvalue weighted by Gasteiger charge is -2.42. The van der Waals surface area contributed by atoms with Crippen molar-refractivity contribution in [2.75, 3.05) is 4.90 Å². The largest absolute Gasteiger partial charge is 0.457 e. The summed E-state index contributed by atoms with van der Waals surface area (Å²) in [5.41, 5.74) is 24.1. The maximum absolute atomic E-state index is 7.76. The first kappa shape index (κ1) is 54.0. The van der Waals surface area contributed by atoms with Crippen LogP contribution in [0.3, 0.4) is 0 Å². The molecule has 0 N–H and O–H groups in total. The molecule has 16 rings (SSSR count). The van der Waals surface area contributed by atoms with E-state index in [1.807, 2.05) is 0 Å². The smallest absolute Gasteiger partial charge is 0.156 e. The SMILES string of the molecule is CC(C)(C)c1ccc2c(c1)C1(c3cc(C(C)(C)C)ccc3O2)c2ccccc2-c2ccc(N(c3ccccc3-c3cccc4c3oc3ccccc34)c3cccc4c3Oc3ccccc3C43c4cc(C(C)(C)C)ccc4-c4ccc(C(C)(C)C)cc43)cc21. The van der Waals surface area contributed by atoms with Gasteiger partial charge < -0.3 is 18.8 Å². The Labute approximate surface area is 518 Å². The fraction of sp³-hybridized carbons (Fsp3) is 0.214. The van der Waals surface area contributed by atoms with Gasteiger partial charge in [-0.15, -0.1) is 0 Å². The molecule has 0 fully saturated rings. The normalized spacial score (nSPS) is 14.7. The van der Waals surface area contributed by atoms with Gasteiger partial charge in [-0.2, -0.15) is 0 Å². The number of furan rings is 1. The summed E-state index contributed by atoms with van der Waals surface area (Å²) in [5, 5.41) is 2.17. The lowest BCUT2D eigenvalue weighted by atomic mass is 9.64.